The molecule has 0 N–H and O–H groups in total. The Labute approximate surface area is 165 Å². The van der Waals surface area contributed by atoms with Gasteiger partial charge in [-0.15, -0.1) is 4.40 Å². The van der Waals surface area contributed by atoms with Crippen molar-refractivity contribution in [1.29, 1.82) is 0 Å². The van der Waals surface area contributed by atoms with E-state index in [0.29, 0.717) is 15.8 Å². The van der Waals surface area contributed by atoms with Crippen LogP contribution in [0.25, 0.3) is 0 Å². The van der Waals surface area contributed by atoms with E-state index in [1.807, 2.05) is 0 Å². The van der Waals surface area contributed by atoms with Gasteiger partial charge in [0.05, 0.1) is 9.79 Å². The van der Waals surface area contributed by atoms with E-state index < -0.39 is 20.0 Å². The Morgan fingerprint density at radius 3 is 1.88 bits per heavy atom. The minimum atomic E-state index is -4.06. The lowest BCUT2D eigenvalue weighted by Crippen LogP contribution is -2.32. The summed E-state index contributed by atoms with van der Waals surface area (Å²) in [7, 11) is -7.99. The lowest BCUT2D eigenvalue weighted by atomic mass is 10.4. The molecule has 0 spiro atoms. The fourth-order valence-electron chi connectivity index (χ4n) is 2.18. The summed E-state index contributed by atoms with van der Waals surface area (Å²) in [4.78, 5) is -0.0493. The van der Waals surface area contributed by atoms with Crippen LogP contribution in [0, 0.1) is 0 Å². The number of sulfonamides is 2. The first-order chi connectivity index (χ1) is 12.2. The highest BCUT2D eigenvalue weighted by atomic mass is 35.5. The molecule has 1 heterocycles. The highest BCUT2D eigenvalue weighted by Gasteiger charge is 2.33. The predicted molar refractivity (Wildman–Crippen MR) is 104 cm³/mol. The molecule has 2 aromatic rings. The number of hydrogen-bond donors (Lipinski definition) is 0. The molecule has 3 rings (SSSR count). The first kappa shape index (κ1) is 19.5. The van der Waals surface area contributed by atoms with Gasteiger partial charge in [0, 0.05) is 22.3 Å². The van der Waals surface area contributed by atoms with E-state index in [1.165, 1.54) is 48.5 Å². The first-order valence-corrected chi connectivity index (χ1v) is 11.8. The second kappa shape index (κ2) is 7.40. The van der Waals surface area contributed by atoms with Gasteiger partial charge in [-0.1, -0.05) is 35.0 Å². The fraction of sp³-hybridized carbons (Fsp3) is 0.133. The van der Waals surface area contributed by atoms with Gasteiger partial charge < -0.3 is 0 Å². The molecule has 0 aliphatic carbocycles. The topological polar surface area (TPSA) is 83.9 Å². The third-order valence-corrected chi connectivity index (χ3v) is 8.23. The molecule has 1 saturated heterocycles. The van der Waals surface area contributed by atoms with Crippen LogP contribution in [0.3, 0.4) is 0 Å². The summed E-state index contributed by atoms with van der Waals surface area (Å²) < 4.78 is 55.3. The summed E-state index contributed by atoms with van der Waals surface area (Å²) in [5.74, 6) is 0.405. The van der Waals surface area contributed by atoms with E-state index in [2.05, 4.69) is 4.40 Å². The quantitative estimate of drug-likeness (QED) is 0.711. The minimum Gasteiger partial charge on any atom is -0.243 e. The standard InChI is InChI=1S/C15H12Cl2N2O4S3/c16-11-1-5-13(6-2-11)25(20,21)18-15-19(9-10-24-15)26(22,23)14-7-3-12(17)4-8-14/h1-8H,9-10H2/b18-15+. The SMILES string of the molecule is O=S(=O)(/N=C1/SCCN1S(=O)(=O)c1ccc(Cl)cc1)c1ccc(Cl)cc1. The third kappa shape index (κ3) is 4.01. The van der Waals surface area contributed by atoms with Crippen molar-refractivity contribution in [3.8, 4) is 0 Å². The minimum absolute atomic E-state index is 0.0148. The van der Waals surface area contributed by atoms with Crippen molar-refractivity contribution in [2.45, 2.75) is 9.79 Å². The Hall–Kier alpha value is -1.26. The lowest BCUT2D eigenvalue weighted by Gasteiger charge is -2.18. The van der Waals surface area contributed by atoms with Gasteiger partial charge in [0.25, 0.3) is 20.0 Å². The van der Waals surface area contributed by atoms with Crippen molar-refractivity contribution in [1.82, 2.24) is 4.31 Å². The summed E-state index contributed by atoms with van der Waals surface area (Å²) in [5.41, 5.74) is 0. The van der Waals surface area contributed by atoms with E-state index in [1.54, 1.807) is 0 Å². The maximum Gasteiger partial charge on any atom is 0.284 e. The smallest absolute Gasteiger partial charge is 0.243 e. The average molecular weight is 451 g/mol. The molecule has 0 unspecified atom stereocenters. The number of amidine groups is 1. The molecule has 0 radical (unpaired) electrons. The van der Waals surface area contributed by atoms with Crippen molar-refractivity contribution in [2.24, 2.45) is 4.40 Å². The maximum atomic E-state index is 12.8. The van der Waals surface area contributed by atoms with Gasteiger partial charge in [0.2, 0.25) is 0 Å². The lowest BCUT2D eigenvalue weighted by molar-refractivity contribution is 0.540. The fourth-order valence-corrected chi connectivity index (χ4v) is 6.45. The molecule has 0 amide bonds. The van der Waals surface area contributed by atoms with E-state index in [4.69, 9.17) is 23.2 Å². The van der Waals surface area contributed by atoms with Crippen LogP contribution in [-0.4, -0.2) is 38.6 Å². The van der Waals surface area contributed by atoms with Crippen molar-refractivity contribution in [3.05, 3.63) is 58.6 Å². The number of benzene rings is 2. The van der Waals surface area contributed by atoms with Crippen LogP contribution in [-0.2, 0) is 20.0 Å². The number of nitrogens with zero attached hydrogens (tertiary/aromatic N) is 2. The molecule has 6 nitrogen and oxygen atoms in total. The zero-order valence-electron chi connectivity index (χ0n) is 13.0. The first-order valence-electron chi connectivity index (χ1n) is 7.22. The number of hydrogen-bond acceptors (Lipinski definition) is 5. The van der Waals surface area contributed by atoms with Gasteiger partial charge in [-0.2, -0.15) is 8.42 Å². The molecule has 2 aromatic carbocycles. The Balaban J connectivity index is 1.98. The second-order valence-corrected chi connectivity index (χ2v) is 10.6. The highest BCUT2D eigenvalue weighted by Crippen LogP contribution is 2.28. The van der Waals surface area contributed by atoms with Crippen molar-refractivity contribution < 1.29 is 16.8 Å². The zero-order chi connectivity index (χ0) is 18.9. The van der Waals surface area contributed by atoms with Crippen LogP contribution < -0.4 is 0 Å². The normalized spacial score (nSPS) is 17.0. The van der Waals surface area contributed by atoms with Crippen LogP contribution in [0.1, 0.15) is 0 Å². The second-order valence-electron chi connectivity index (χ2n) is 5.18. The summed E-state index contributed by atoms with van der Waals surface area (Å²) in [6.45, 7) is 0.130. The molecule has 0 saturated carbocycles. The molecule has 1 fully saturated rings. The Morgan fingerprint density at radius 1 is 0.846 bits per heavy atom. The third-order valence-electron chi connectivity index (χ3n) is 3.45. The Morgan fingerprint density at radius 2 is 1.35 bits per heavy atom. The number of rotatable bonds is 4. The zero-order valence-corrected chi connectivity index (χ0v) is 17.0. The van der Waals surface area contributed by atoms with Crippen LogP contribution in [0.5, 0.6) is 0 Å². The highest BCUT2D eigenvalue weighted by molar-refractivity contribution is 8.16. The molecule has 138 valence electrons. The van der Waals surface area contributed by atoms with E-state index in [9.17, 15) is 16.8 Å². The number of thioether (sulfide) groups is 1. The molecule has 0 aromatic heterocycles. The van der Waals surface area contributed by atoms with E-state index >= 15 is 0 Å². The van der Waals surface area contributed by atoms with Gasteiger partial charge in [-0.05, 0) is 48.5 Å². The van der Waals surface area contributed by atoms with Crippen LogP contribution in [0.4, 0.5) is 0 Å². The van der Waals surface area contributed by atoms with E-state index in [0.717, 1.165) is 16.1 Å². The van der Waals surface area contributed by atoms with Crippen molar-refractivity contribution in [2.75, 3.05) is 12.3 Å². The molecular formula is C15H12Cl2N2O4S3. The van der Waals surface area contributed by atoms with Crippen LogP contribution in [0.2, 0.25) is 10.0 Å². The Bertz CT molecular complexity index is 1050. The van der Waals surface area contributed by atoms with Crippen molar-refractivity contribution in [3.63, 3.8) is 0 Å². The summed E-state index contributed by atoms with van der Waals surface area (Å²) >= 11 is 12.6. The average Bonchev–Trinajstić information content (AvgIpc) is 3.04. The van der Waals surface area contributed by atoms with Gasteiger partial charge >= 0.3 is 0 Å². The largest absolute Gasteiger partial charge is 0.284 e. The maximum absolute atomic E-state index is 12.8. The molecule has 26 heavy (non-hydrogen) atoms. The number of halogens is 2. The monoisotopic (exact) mass is 450 g/mol. The van der Waals surface area contributed by atoms with Gasteiger partial charge in [0.1, 0.15) is 0 Å². The van der Waals surface area contributed by atoms with Crippen LogP contribution in [0.15, 0.2) is 62.7 Å². The summed E-state index contributed by atoms with van der Waals surface area (Å²) in [6, 6.07) is 11.1. The van der Waals surface area contributed by atoms with Gasteiger partial charge in [-0.3, -0.25) is 0 Å². The molecule has 0 atom stereocenters. The molecule has 0 bridgehead atoms. The Kier molecular flexibility index (Phi) is 5.55. The van der Waals surface area contributed by atoms with Crippen LogP contribution >= 0.6 is 35.0 Å². The molecule has 11 heteroatoms. The molecule has 1 aliphatic rings. The summed E-state index contributed by atoms with van der Waals surface area (Å²) in [6.07, 6.45) is 0. The summed E-state index contributed by atoms with van der Waals surface area (Å²) in [5, 5.41) is 0.702. The van der Waals surface area contributed by atoms with Gasteiger partial charge in [0.15, 0.2) is 5.17 Å². The van der Waals surface area contributed by atoms with Gasteiger partial charge in [-0.25, -0.2) is 12.7 Å². The predicted octanol–water partition coefficient (Wildman–Crippen LogP) is 3.48. The van der Waals surface area contributed by atoms with E-state index in [-0.39, 0.29) is 21.5 Å². The molecular weight excluding hydrogens is 439 g/mol. The van der Waals surface area contributed by atoms with Crippen molar-refractivity contribution >= 4 is 60.2 Å². The molecule has 1 aliphatic heterocycles.